The number of hydrogen-bond acceptors (Lipinski definition) is 4. The SMILES string of the molecule is O=c1c(=Cc2c(F)cccc2Cl)sc2nc(-c3cccc(Cl)c3)nn12. The number of halogens is 3. The van der Waals surface area contributed by atoms with Crippen LogP contribution in [0, 0.1) is 5.82 Å². The highest BCUT2D eigenvalue weighted by Gasteiger charge is 2.13. The van der Waals surface area contributed by atoms with Crippen LogP contribution in [0.25, 0.3) is 22.4 Å². The van der Waals surface area contributed by atoms with E-state index in [2.05, 4.69) is 10.1 Å². The second-order valence-corrected chi connectivity index (χ2v) is 7.04. The van der Waals surface area contributed by atoms with Gasteiger partial charge in [-0.05, 0) is 30.3 Å². The third-order valence-electron chi connectivity index (χ3n) is 3.54. The molecule has 0 saturated carbocycles. The van der Waals surface area contributed by atoms with Crippen molar-refractivity contribution < 1.29 is 4.39 Å². The van der Waals surface area contributed by atoms with E-state index >= 15 is 0 Å². The van der Waals surface area contributed by atoms with Crippen LogP contribution in [-0.4, -0.2) is 14.6 Å². The van der Waals surface area contributed by atoms with E-state index in [4.69, 9.17) is 23.2 Å². The third-order valence-corrected chi connectivity index (χ3v) is 5.06. The van der Waals surface area contributed by atoms with E-state index in [1.165, 1.54) is 22.7 Å². The zero-order valence-electron chi connectivity index (χ0n) is 12.4. The Morgan fingerprint density at radius 2 is 1.96 bits per heavy atom. The van der Waals surface area contributed by atoms with Crippen molar-refractivity contribution in [2.75, 3.05) is 0 Å². The van der Waals surface area contributed by atoms with Gasteiger partial charge in [-0.3, -0.25) is 4.79 Å². The molecule has 0 aliphatic carbocycles. The number of thiazole rings is 1. The van der Waals surface area contributed by atoms with Crippen molar-refractivity contribution in [3.8, 4) is 11.4 Å². The van der Waals surface area contributed by atoms with Crippen LogP contribution in [-0.2, 0) is 0 Å². The average molecular weight is 392 g/mol. The molecule has 0 radical (unpaired) electrons. The Bertz CT molecular complexity index is 1200. The predicted octanol–water partition coefficient (Wildman–Crippen LogP) is 3.81. The summed E-state index contributed by atoms with van der Waals surface area (Å²) in [6, 6.07) is 11.4. The minimum absolute atomic E-state index is 0.167. The number of benzene rings is 2. The van der Waals surface area contributed by atoms with Crippen LogP contribution in [0.5, 0.6) is 0 Å². The van der Waals surface area contributed by atoms with Gasteiger partial charge in [-0.25, -0.2) is 4.39 Å². The topological polar surface area (TPSA) is 47.3 Å². The van der Waals surface area contributed by atoms with E-state index < -0.39 is 5.82 Å². The van der Waals surface area contributed by atoms with Gasteiger partial charge >= 0.3 is 0 Å². The standard InChI is InChI=1S/C17H8Cl2FN3OS/c18-10-4-1-3-9(7-10)15-21-17-23(22-15)16(24)14(25-17)8-11-12(19)5-2-6-13(11)20/h1-8H. The van der Waals surface area contributed by atoms with Gasteiger partial charge in [0.15, 0.2) is 5.82 Å². The minimum Gasteiger partial charge on any atom is -0.266 e. The quantitative estimate of drug-likeness (QED) is 0.521. The maximum atomic E-state index is 13.9. The molecule has 0 unspecified atom stereocenters. The number of aromatic nitrogens is 3. The van der Waals surface area contributed by atoms with Crippen LogP contribution in [0.15, 0.2) is 47.3 Å². The Kier molecular flexibility index (Phi) is 4.03. The van der Waals surface area contributed by atoms with Crippen LogP contribution < -0.4 is 10.1 Å². The van der Waals surface area contributed by atoms with Crippen molar-refractivity contribution >= 4 is 45.6 Å². The summed E-state index contributed by atoms with van der Waals surface area (Å²) in [6.45, 7) is 0. The Balaban J connectivity index is 1.87. The molecule has 2 aromatic carbocycles. The molecule has 2 heterocycles. The average Bonchev–Trinajstić information content (AvgIpc) is 3.11. The lowest BCUT2D eigenvalue weighted by atomic mass is 10.2. The Hall–Kier alpha value is -2.28. The first-order valence-electron chi connectivity index (χ1n) is 7.14. The number of hydrogen-bond donors (Lipinski definition) is 0. The largest absolute Gasteiger partial charge is 0.291 e. The molecule has 4 rings (SSSR count). The number of rotatable bonds is 2. The van der Waals surface area contributed by atoms with Gasteiger partial charge in [-0.2, -0.15) is 9.50 Å². The van der Waals surface area contributed by atoms with Crippen molar-refractivity contribution in [1.29, 1.82) is 0 Å². The first-order chi connectivity index (χ1) is 12.0. The molecule has 0 aliphatic heterocycles. The zero-order valence-corrected chi connectivity index (χ0v) is 14.7. The van der Waals surface area contributed by atoms with Crippen molar-refractivity contribution in [3.63, 3.8) is 0 Å². The second kappa shape index (κ2) is 6.22. The molecule has 8 heteroatoms. The summed E-state index contributed by atoms with van der Waals surface area (Å²) < 4.78 is 15.4. The number of fused-ring (bicyclic) bond motifs is 1. The van der Waals surface area contributed by atoms with Gasteiger partial charge in [0, 0.05) is 16.1 Å². The van der Waals surface area contributed by atoms with E-state index in [9.17, 15) is 9.18 Å². The summed E-state index contributed by atoms with van der Waals surface area (Å²) in [5.74, 6) is -0.0909. The van der Waals surface area contributed by atoms with Crippen LogP contribution in [0.1, 0.15) is 5.56 Å². The Labute approximate surface area is 154 Å². The van der Waals surface area contributed by atoms with Crippen LogP contribution in [0.4, 0.5) is 4.39 Å². The van der Waals surface area contributed by atoms with E-state index in [1.807, 2.05) is 6.07 Å². The molecular weight excluding hydrogens is 384 g/mol. The zero-order chi connectivity index (χ0) is 17.6. The molecule has 4 nitrogen and oxygen atoms in total. The molecule has 0 atom stereocenters. The molecule has 0 saturated heterocycles. The summed E-state index contributed by atoms with van der Waals surface area (Å²) in [5, 5.41) is 5.02. The molecule has 0 amide bonds. The fourth-order valence-electron chi connectivity index (χ4n) is 2.36. The first kappa shape index (κ1) is 16.2. The van der Waals surface area contributed by atoms with Crippen LogP contribution in [0.3, 0.4) is 0 Å². The van der Waals surface area contributed by atoms with Gasteiger partial charge in [-0.15, -0.1) is 5.10 Å². The molecule has 25 heavy (non-hydrogen) atoms. The highest BCUT2D eigenvalue weighted by atomic mass is 35.5. The van der Waals surface area contributed by atoms with Crippen molar-refractivity contribution in [2.45, 2.75) is 0 Å². The highest BCUT2D eigenvalue weighted by Crippen LogP contribution is 2.21. The van der Waals surface area contributed by atoms with Crippen LogP contribution in [0.2, 0.25) is 10.0 Å². The summed E-state index contributed by atoms with van der Waals surface area (Å²) in [6.07, 6.45) is 1.42. The lowest BCUT2D eigenvalue weighted by Crippen LogP contribution is -2.23. The fraction of sp³-hybridized carbons (Fsp3) is 0. The molecule has 0 bridgehead atoms. The molecule has 0 N–H and O–H groups in total. The Morgan fingerprint density at radius 1 is 1.16 bits per heavy atom. The van der Waals surface area contributed by atoms with Crippen molar-refractivity contribution in [2.24, 2.45) is 0 Å². The van der Waals surface area contributed by atoms with Crippen LogP contribution >= 0.6 is 34.5 Å². The summed E-state index contributed by atoms with van der Waals surface area (Å²) in [7, 11) is 0. The third kappa shape index (κ3) is 2.93. The van der Waals surface area contributed by atoms with Gasteiger partial charge in [0.05, 0.1) is 9.55 Å². The monoisotopic (exact) mass is 391 g/mol. The van der Waals surface area contributed by atoms with E-state index in [1.54, 1.807) is 24.3 Å². The maximum Gasteiger partial charge on any atom is 0.291 e. The first-order valence-corrected chi connectivity index (χ1v) is 8.71. The Morgan fingerprint density at radius 3 is 2.68 bits per heavy atom. The maximum absolute atomic E-state index is 13.9. The van der Waals surface area contributed by atoms with E-state index in [0.717, 1.165) is 11.3 Å². The fourth-order valence-corrected chi connectivity index (χ4v) is 3.66. The van der Waals surface area contributed by atoms with Gasteiger partial charge in [0.2, 0.25) is 4.96 Å². The van der Waals surface area contributed by atoms with Gasteiger partial charge in [0.25, 0.3) is 5.56 Å². The lowest BCUT2D eigenvalue weighted by Gasteiger charge is -1.97. The number of nitrogens with zero attached hydrogens (tertiary/aromatic N) is 3. The smallest absolute Gasteiger partial charge is 0.266 e. The molecule has 4 aromatic rings. The summed E-state index contributed by atoms with van der Waals surface area (Å²) in [4.78, 5) is 17.3. The van der Waals surface area contributed by atoms with Gasteiger partial charge < -0.3 is 0 Å². The molecule has 2 aromatic heterocycles. The van der Waals surface area contributed by atoms with Crippen molar-refractivity contribution in [3.05, 3.63) is 78.8 Å². The second-order valence-electron chi connectivity index (χ2n) is 5.19. The van der Waals surface area contributed by atoms with Crippen molar-refractivity contribution in [1.82, 2.24) is 14.6 Å². The van der Waals surface area contributed by atoms with E-state index in [-0.39, 0.29) is 16.1 Å². The summed E-state index contributed by atoms with van der Waals surface area (Å²) in [5.41, 5.74) is 0.506. The van der Waals surface area contributed by atoms with Gasteiger partial charge in [-0.1, -0.05) is 52.7 Å². The highest BCUT2D eigenvalue weighted by molar-refractivity contribution is 7.15. The predicted molar refractivity (Wildman–Crippen MR) is 97.8 cm³/mol. The normalized spacial score (nSPS) is 12.2. The lowest BCUT2D eigenvalue weighted by molar-refractivity contribution is 0.625. The summed E-state index contributed by atoms with van der Waals surface area (Å²) >= 11 is 13.1. The molecule has 0 spiro atoms. The molecule has 0 aliphatic rings. The molecule has 0 fully saturated rings. The minimum atomic E-state index is -0.495. The van der Waals surface area contributed by atoms with Gasteiger partial charge in [0.1, 0.15) is 5.82 Å². The molecule has 124 valence electrons. The molecular formula is C17H8Cl2FN3OS. The van der Waals surface area contributed by atoms with E-state index in [0.29, 0.717) is 25.9 Å².